The SMILES string of the molecule is CC(C)(C)OC(=O)NCC(N)c1cc(F)ccc1Cl. The Bertz CT molecular complexity index is 460. The van der Waals surface area contributed by atoms with Gasteiger partial charge in [0, 0.05) is 17.6 Å². The highest BCUT2D eigenvalue weighted by molar-refractivity contribution is 6.31. The Morgan fingerprint density at radius 2 is 2.16 bits per heavy atom. The molecular weight excluding hydrogens is 271 g/mol. The van der Waals surface area contributed by atoms with Crippen LogP contribution in [-0.2, 0) is 4.74 Å². The maximum Gasteiger partial charge on any atom is 0.407 e. The number of benzene rings is 1. The third kappa shape index (κ3) is 5.44. The Morgan fingerprint density at radius 1 is 1.53 bits per heavy atom. The van der Waals surface area contributed by atoms with Crippen molar-refractivity contribution in [2.75, 3.05) is 6.54 Å². The van der Waals surface area contributed by atoms with Gasteiger partial charge in [-0.05, 0) is 44.5 Å². The molecule has 0 aromatic heterocycles. The van der Waals surface area contributed by atoms with Crippen molar-refractivity contribution in [2.45, 2.75) is 32.4 Å². The molecule has 19 heavy (non-hydrogen) atoms. The summed E-state index contributed by atoms with van der Waals surface area (Å²) in [6.45, 7) is 5.39. The summed E-state index contributed by atoms with van der Waals surface area (Å²) in [6.07, 6.45) is -0.574. The van der Waals surface area contributed by atoms with Crippen molar-refractivity contribution >= 4 is 17.7 Å². The minimum Gasteiger partial charge on any atom is -0.444 e. The van der Waals surface area contributed by atoms with Crippen LogP contribution in [0.25, 0.3) is 0 Å². The van der Waals surface area contributed by atoms with Gasteiger partial charge in [0.25, 0.3) is 0 Å². The average molecular weight is 289 g/mol. The predicted octanol–water partition coefficient (Wildman–Crippen LogP) is 3.00. The number of ether oxygens (including phenoxy) is 1. The van der Waals surface area contributed by atoms with Crippen LogP contribution in [0.1, 0.15) is 32.4 Å². The molecule has 1 aromatic rings. The molecule has 0 fully saturated rings. The highest BCUT2D eigenvalue weighted by atomic mass is 35.5. The molecule has 0 heterocycles. The molecule has 0 aliphatic rings. The van der Waals surface area contributed by atoms with Crippen LogP contribution in [0.15, 0.2) is 18.2 Å². The predicted molar refractivity (Wildman–Crippen MR) is 72.6 cm³/mol. The number of alkyl carbamates (subject to hydrolysis) is 1. The van der Waals surface area contributed by atoms with Crippen molar-refractivity contribution in [1.82, 2.24) is 5.32 Å². The molecule has 1 rings (SSSR count). The number of carbonyl (C=O) groups excluding carboxylic acids is 1. The van der Waals surface area contributed by atoms with E-state index in [1.165, 1.54) is 18.2 Å². The Hall–Kier alpha value is -1.33. The molecule has 4 nitrogen and oxygen atoms in total. The molecule has 1 aromatic carbocycles. The topological polar surface area (TPSA) is 64.3 Å². The fourth-order valence-corrected chi connectivity index (χ4v) is 1.67. The van der Waals surface area contributed by atoms with E-state index >= 15 is 0 Å². The molecule has 0 saturated carbocycles. The van der Waals surface area contributed by atoms with Gasteiger partial charge in [-0.15, -0.1) is 0 Å². The first-order valence-corrected chi connectivity index (χ1v) is 6.24. The summed E-state index contributed by atoms with van der Waals surface area (Å²) in [5, 5.41) is 2.88. The number of nitrogens with two attached hydrogens (primary N) is 1. The van der Waals surface area contributed by atoms with E-state index in [0.29, 0.717) is 10.6 Å². The fourth-order valence-electron chi connectivity index (χ4n) is 1.42. The minimum absolute atomic E-state index is 0.109. The van der Waals surface area contributed by atoms with Crippen molar-refractivity contribution in [1.29, 1.82) is 0 Å². The lowest BCUT2D eigenvalue weighted by atomic mass is 10.1. The number of rotatable bonds is 3. The summed E-state index contributed by atoms with van der Waals surface area (Å²) in [6, 6.07) is 3.33. The van der Waals surface area contributed by atoms with Gasteiger partial charge in [0.05, 0.1) is 0 Å². The minimum atomic E-state index is -0.601. The largest absolute Gasteiger partial charge is 0.444 e. The summed E-state index contributed by atoms with van der Waals surface area (Å²) >= 11 is 5.92. The molecule has 0 bridgehead atoms. The second kappa shape index (κ2) is 6.21. The monoisotopic (exact) mass is 288 g/mol. The molecule has 1 unspecified atom stereocenters. The van der Waals surface area contributed by atoms with E-state index in [1.54, 1.807) is 20.8 Å². The number of carbonyl (C=O) groups is 1. The summed E-state index contributed by atoms with van der Waals surface area (Å²) in [7, 11) is 0. The van der Waals surface area contributed by atoms with Gasteiger partial charge in [0.15, 0.2) is 0 Å². The Morgan fingerprint density at radius 3 is 2.74 bits per heavy atom. The van der Waals surface area contributed by atoms with E-state index < -0.39 is 23.6 Å². The van der Waals surface area contributed by atoms with Crippen LogP contribution < -0.4 is 11.1 Å². The van der Waals surface area contributed by atoms with E-state index in [2.05, 4.69) is 5.32 Å². The van der Waals surface area contributed by atoms with Crippen LogP contribution in [0.4, 0.5) is 9.18 Å². The maximum absolute atomic E-state index is 13.1. The van der Waals surface area contributed by atoms with Gasteiger partial charge in [-0.2, -0.15) is 0 Å². The lowest BCUT2D eigenvalue weighted by Gasteiger charge is -2.21. The summed E-state index contributed by atoms with van der Waals surface area (Å²) in [5.74, 6) is -0.424. The normalized spacial score (nSPS) is 12.9. The Balaban J connectivity index is 2.58. The molecule has 0 spiro atoms. The summed E-state index contributed by atoms with van der Waals surface area (Å²) in [4.78, 5) is 11.5. The lowest BCUT2D eigenvalue weighted by molar-refractivity contribution is 0.0524. The maximum atomic E-state index is 13.1. The van der Waals surface area contributed by atoms with Gasteiger partial charge < -0.3 is 15.8 Å². The number of nitrogens with one attached hydrogen (secondary N) is 1. The molecule has 0 saturated heterocycles. The van der Waals surface area contributed by atoms with Gasteiger partial charge in [0.2, 0.25) is 0 Å². The number of hydrogen-bond acceptors (Lipinski definition) is 3. The number of hydrogen-bond donors (Lipinski definition) is 2. The molecule has 6 heteroatoms. The van der Waals surface area contributed by atoms with E-state index in [4.69, 9.17) is 22.1 Å². The molecular formula is C13H18ClFN2O2. The molecule has 0 radical (unpaired) electrons. The van der Waals surface area contributed by atoms with Crippen molar-refractivity contribution in [3.05, 3.63) is 34.6 Å². The molecule has 106 valence electrons. The van der Waals surface area contributed by atoms with Crippen LogP contribution in [0.2, 0.25) is 5.02 Å². The highest BCUT2D eigenvalue weighted by Gasteiger charge is 2.17. The Labute approximate surface area is 117 Å². The fraction of sp³-hybridized carbons (Fsp3) is 0.462. The first-order chi connectivity index (χ1) is 8.69. The van der Waals surface area contributed by atoms with Crippen LogP contribution in [0.3, 0.4) is 0 Å². The first-order valence-electron chi connectivity index (χ1n) is 5.86. The smallest absolute Gasteiger partial charge is 0.407 e. The second-order valence-electron chi connectivity index (χ2n) is 5.16. The van der Waals surface area contributed by atoms with Crippen LogP contribution in [-0.4, -0.2) is 18.2 Å². The molecule has 0 aliphatic heterocycles. The second-order valence-corrected chi connectivity index (χ2v) is 5.56. The molecule has 0 aliphatic carbocycles. The zero-order valence-electron chi connectivity index (χ0n) is 11.2. The average Bonchev–Trinajstić information content (AvgIpc) is 2.27. The van der Waals surface area contributed by atoms with E-state index in [-0.39, 0.29) is 6.54 Å². The van der Waals surface area contributed by atoms with Crippen LogP contribution >= 0.6 is 11.6 Å². The highest BCUT2D eigenvalue weighted by Crippen LogP contribution is 2.22. The summed E-state index contributed by atoms with van der Waals surface area (Å²) in [5.41, 5.74) is 5.72. The van der Waals surface area contributed by atoms with E-state index in [0.717, 1.165) is 0 Å². The zero-order chi connectivity index (χ0) is 14.6. The third-order valence-electron chi connectivity index (χ3n) is 2.22. The Kier molecular flexibility index (Phi) is 5.14. The zero-order valence-corrected chi connectivity index (χ0v) is 11.9. The first kappa shape index (κ1) is 15.7. The van der Waals surface area contributed by atoms with Crippen molar-refractivity contribution in [3.63, 3.8) is 0 Å². The van der Waals surface area contributed by atoms with Crippen LogP contribution in [0, 0.1) is 5.82 Å². The van der Waals surface area contributed by atoms with Crippen molar-refractivity contribution < 1.29 is 13.9 Å². The third-order valence-corrected chi connectivity index (χ3v) is 2.57. The van der Waals surface area contributed by atoms with E-state index in [1.807, 2.05) is 0 Å². The van der Waals surface area contributed by atoms with E-state index in [9.17, 15) is 9.18 Å². The number of amides is 1. The molecule has 1 amide bonds. The molecule has 1 atom stereocenters. The van der Waals surface area contributed by atoms with Crippen molar-refractivity contribution in [2.24, 2.45) is 5.73 Å². The van der Waals surface area contributed by atoms with Gasteiger partial charge in [-0.1, -0.05) is 11.6 Å². The van der Waals surface area contributed by atoms with Crippen LogP contribution in [0.5, 0.6) is 0 Å². The van der Waals surface area contributed by atoms with Gasteiger partial charge >= 0.3 is 6.09 Å². The number of halogens is 2. The summed E-state index contributed by atoms with van der Waals surface area (Å²) < 4.78 is 18.2. The van der Waals surface area contributed by atoms with Gasteiger partial charge in [0.1, 0.15) is 11.4 Å². The van der Waals surface area contributed by atoms with Gasteiger partial charge in [-0.3, -0.25) is 0 Å². The standard InChI is InChI=1S/C13H18ClFN2O2/c1-13(2,3)19-12(18)17-7-11(16)9-6-8(15)4-5-10(9)14/h4-6,11H,7,16H2,1-3H3,(H,17,18). The quantitative estimate of drug-likeness (QED) is 0.898. The lowest BCUT2D eigenvalue weighted by Crippen LogP contribution is -2.36. The van der Waals surface area contributed by atoms with Crippen molar-refractivity contribution in [3.8, 4) is 0 Å². The van der Waals surface area contributed by atoms with Gasteiger partial charge in [-0.25, -0.2) is 9.18 Å². The molecule has 3 N–H and O–H groups in total.